The molecule has 3 aliphatic heterocycles. The summed E-state index contributed by atoms with van der Waals surface area (Å²) in [6.07, 6.45) is 5.44. The first-order valence-corrected chi connectivity index (χ1v) is 13.9. The van der Waals surface area contributed by atoms with Gasteiger partial charge in [-0.15, -0.1) is 0 Å². The lowest BCUT2D eigenvalue weighted by Gasteiger charge is -2.34. The fraction of sp³-hybridized carbons (Fsp3) is 0.444. The zero-order chi connectivity index (χ0) is 24.3. The predicted molar refractivity (Wildman–Crippen MR) is 134 cm³/mol. The molecular formula is C27H32N2O5S. The molecule has 2 aromatic carbocycles. The van der Waals surface area contributed by atoms with E-state index in [4.69, 9.17) is 9.47 Å². The van der Waals surface area contributed by atoms with Crippen LogP contribution < -0.4 is 9.47 Å². The molecule has 186 valence electrons. The van der Waals surface area contributed by atoms with Gasteiger partial charge in [-0.05, 0) is 55.0 Å². The molecule has 0 saturated carbocycles. The van der Waals surface area contributed by atoms with Gasteiger partial charge in [0.25, 0.3) is 0 Å². The molecule has 5 rings (SSSR count). The molecular weight excluding hydrogens is 464 g/mol. The fourth-order valence-electron chi connectivity index (χ4n) is 5.17. The molecule has 2 fully saturated rings. The Bertz CT molecular complexity index is 1170. The van der Waals surface area contributed by atoms with Crippen molar-refractivity contribution in [1.29, 1.82) is 0 Å². The van der Waals surface area contributed by atoms with Gasteiger partial charge in [0.2, 0.25) is 15.9 Å². The van der Waals surface area contributed by atoms with Crippen molar-refractivity contribution in [3.8, 4) is 11.5 Å². The molecule has 0 N–H and O–H groups in total. The SMILES string of the molecule is O=C(C1CCN(S(=O)(=O)/C=C/c2ccccc2)CC1)N1CCCC1c1ccc2c(c1)OCCCO2. The Morgan fingerprint density at radius 2 is 1.63 bits per heavy atom. The summed E-state index contributed by atoms with van der Waals surface area (Å²) in [5.41, 5.74) is 1.92. The lowest BCUT2D eigenvalue weighted by Crippen LogP contribution is -2.43. The van der Waals surface area contributed by atoms with Crippen LogP contribution in [0.2, 0.25) is 0 Å². The van der Waals surface area contributed by atoms with Crippen LogP contribution in [0, 0.1) is 5.92 Å². The molecule has 35 heavy (non-hydrogen) atoms. The van der Waals surface area contributed by atoms with E-state index in [2.05, 4.69) is 0 Å². The summed E-state index contributed by atoms with van der Waals surface area (Å²) >= 11 is 0. The zero-order valence-corrected chi connectivity index (χ0v) is 20.7. The topological polar surface area (TPSA) is 76.2 Å². The number of hydrogen-bond donors (Lipinski definition) is 0. The first kappa shape index (κ1) is 23.9. The van der Waals surface area contributed by atoms with E-state index in [1.54, 1.807) is 6.08 Å². The number of amides is 1. The van der Waals surface area contributed by atoms with Gasteiger partial charge in [-0.2, -0.15) is 4.31 Å². The number of likely N-dealkylation sites (tertiary alicyclic amines) is 1. The van der Waals surface area contributed by atoms with E-state index < -0.39 is 10.0 Å². The highest BCUT2D eigenvalue weighted by molar-refractivity contribution is 7.92. The number of benzene rings is 2. The number of nitrogens with zero attached hydrogens (tertiary/aromatic N) is 2. The van der Waals surface area contributed by atoms with Gasteiger partial charge < -0.3 is 14.4 Å². The van der Waals surface area contributed by atoms with Gasteiger partial charge in [0.05, 0.1) is 19.3 Å². The number of sulfonamides is 1. The molecule has 1 amide bonds. The number of ether oxygens (including phenoxy) is 2. The molecule has 1 atom stereocenters. The van der Waals surface area contributed by atoms with Crippen LogP contribution >= 0.6 is 0 Å². The largest absolute Gasteiger partial charge is 0.490 e. The van der Waals surface area contributed by atoms with E-state index in [0.29, 0.717) is 39.1 Å². The summed E-state index contributed by atoms with van der Waals surface area (Å²) in [6, 6.07) is 15.4. The predicted octanol–water partition coefficient (Wildman–Crippen LogP) is 4.22. The normalized spacial score (nSPS) is 21.8. The summed E-state index contributed by atoms with van der Waals surface area (Å²) in [6.45, 7) is 2.74. The van der Waals surface area contributed by atoms with Crippen molar-refractivity contribution in [3.05, 3.63) is 65.1 Å². The van der Waals surface area contributed by atoms with Crippen molar-refractivity contribution in [2.45, 2.75) is 38.1 Å². The Balaban J connectivity index is 1.22. The number of fused-ring (bicyclic) bond motifs is 1. The highest BCUT2D eigenvalue weighted by Crippen LogP contribution is 2.39. The number of carbonyl (C=O) groups excluding carboxylic acids is 1. The third kappa shape index (κ3) is 5.38. The Morgan fingerprint density at radius 1 is 0.886 bits per heavy atom. The molecule has 7 nitrogen and oxygen atoms in total. The van der Waals surface area contributed by atoms with Crippen LogP contribution in [0.5, 0.6) is 11.5 Å². The van der Waals surface area contributed by atoms with Crippen molar-refractivity contribution >= 4 is 22.0 Å². The van der Waals surface area contributed by atoms with Gasteiger partial charge in [-0.1, -0.05) is 36.4 Å². The first-order valence-electron chi connectivity index (χ1n) is 12.4. The maximum absolute atomic E-state index is 13.5. The Labute approximate surface area is 207 Å². The lowest BCUT2D eigenvalue weighted by atomic mass is 9.95. The fourth-order valence-corrected chi connectivity index (χ4v) is 6.39. The number of rotatable bonds is 5. The van der Waals surface area contributed by atoms with Gasteiger partial charge in [-0.3, -0.25) is 4.79 Å². The smallest absolute Gasteiger partial charge is 0.236 e. The maximum Gasteiger partial charge on any atom is 0.236 e. The Morgan fingerprint density at radius 3 is 2.40 bits per heavy atom. The highest BCUT2D eigenvalue weighted by Gasteiger charge is 2.37. The van der Waals surface area contributed by atoms with Crippen molar-refractivity contribution in [1.82, 2.24) is 9.21 Å². The van der Waals surface area contributed by atoms with E-state index >= 15 is 0 Å². The summed E-state index contributed by atoms with van der Waals surface area (Å²) in [5.74, 6) is 1.50. The van der Waals surface area contributed by atoms with Gasteiger partial charge in [0.1, 0.15) is 0 Å². The minimum atomic E-state index is -3.51. The first-order chi connectivity index (χ1) is 17.0. The van der Waals surface area contributed by atoms with Crippen LogP contribution in [0.15, 0.2) is 53.9 Å². The van der Waals surface area contributed by atoms with Crippen molar-refractivity contribution in [2.24, 2.45) is 5.92 Å². The highest BCUT2D eigenvalue weighted by atomic mass is 32.2. The number of hydrogen-bond acceptors (Lipinski definition) is 5. The van der Waals surface area contributed by atoms with Crippen LogP contribution in [-0.4, -0.2) is 56.4 Å². The molecule has 1 unspecified atom stereocenters. The molecule has 3 aliphatic rings. The summed E-state index contributed by atoms with van der Waals surface area (Å²) < 4.78 is 38.7. The molecule has 8 heteroatoms. The number of piperidine rings is 1. The van der Waals surface area contributed by atoms with Crippen molar-refractivity contribution < 1.29 is 22.7 Å². The molecule has 0 aromatic heterocycles. The van der Waals surface area contributed by atoms with E-state index in [1.807, 2.05) is 53.4 Å². The molecule has 0 radical (unpaired) electrons. The van der Waals surface area contributed by atoms with Gasteiger partial charge in [0, 0.05) is 37.4 Å². The number of carbonyl (C=O) groups is 1. The van der Waals surface area contributed by atoms with Gasteiger partial charge in [-0.25, -0.2) is 8.42 Å². The minimum Gasteiger partial charge on any atom is -0.490 e. The standard InChI is InChI=1S/C27H32N2O5S/c30-27(22-11-15-28(16-12-22)35(31,32)19-13-21-6-2-1-3-7-21)29-14-4-8-24(29)23-9-10-25-26(20-23)34-18-5-17-33-25/h1-3,6-7,9-10,13,19-20,22,24H,4-5,8,11-12,14-18H2/b19-13+. The molecule has 3 heterocycles. The molecule has 0 spiro atoms. The summed E-state index contributed by atoms with van der Waals surface area (Å²) in [4.78, 5) is 15.5. The van der Waals surface area contributed by atoms with Crippen LogP contribution in [0.25, 0.3) is 6.08 Å². The average Bonchev–Trinajstić information content (AvgIpc) is 3.26. The second-order valence-corrected chi connectivity index (χ2v) is 11.2. The Hall–Kier alpha value is -2.84. The lowest BCUT2D eigenvalue weighted by molar-refractivity contribution is -0.137. The van der Waals surface area contributed by atoms with Crippen molar-refractivity contribution in [2.75, 3.05) is 32.8 Å². The monoisotopic (exact) mass is 496 g/mol. The van der Waals surface area contributed by atoms with Crippen molar-refractivity contribution in [3.63, 3.8) is 0 Å². The zero-order valence-electron chi connectivity index (χ0n) is 19.8. The quantitative estimate of drug-likeness (QED) is 0.619. The van der Waals surface area contributed by atoms with E-state index in [9.17, 15) is 13.2 Å². The maximum atomic E-state index is 13.5. The van der Waals surface area contributed by atoms with E-state index in [0.717, 1.165) is 48.4 Å². The molecule has 0 aliphatic carbocycles. The van der Waals surface area contributed by atoms with E-state index in [1.165, 1.54) is 9.71 Å². The van der Waals surface area contributed by atoms with Crippen LogP contribution in [0.4, 0.5) is 0 Å². The third-order valence-electron chi connectivity index (χ3n) is 7.09. The summed E-state index contributed by atoms with van der Waals surface area (Å²) in [5, 5.41) is 1.27. The van der Waals surface area contributed by atoms with Gasteiger partial charge >= 0.3 is 0 Å². The van der Waals surface area contributed by atoms with Crippen LogP contribution in [0.3, 0.4) is 0 Å². The van der Waals surface area contributed by atoms with Crippen LogP contribution in [-0.2, 0) is 14.8 Å². The second-order valence-electron chi connectivity index (χ2n) is 9.38. The molecule has 0 bridgehead atoms. The van der Waals surface area contributed by atoms with E-state index in [-0.39, 0.29) is 17.9 Å². The summed E-state index contributed by atoms with van der Waals surface area (Å²) in [7, 11) is -3.51. The second kappa shape index (κ2) is 10.4. The van der Waals surface area contributed by atoms with Gasteiger partial charge in [0.15, 0.2) is 11.5 Å². The molecule has 2 aromatic rings. The average molecular weight is 497 g/mol. The molecule has 2 saturated heterocycles. The minimum absolute atomic E-state index is 0.0234. The third-order valence-corrected chi connectivity index (χ3v) is 8.65. The Kier molecular flexibility index (Phi) is 7.11. The van der Waals surface area contributed by atoms with Crippen LogP contribution in [0.1, 0.15) is 49.3 Å².